The molecule has 3 heteroatoms. The molecule has 0 amide bonds. The number of benzene rings is 1. The predicted molar refractivity (Wildman–Crippen MR) is 87.5 cm³/mol. The Kier molecular flexibility index (Phi) is 8.36. The molecular formula is C18H30FNO. The van der Waals surface area contributed by atoms with Crippen molar-refractivity contribution in [2.24, 2.45) is 0 Å². The second-order valence-corrected chi connectivity index (χ2v) is 5.72. The van der Waals surface area contributed by atoms with Crippen molar-refractivity contribution in [3.05, 3.63) is 29.1 Å². The van der Waals surface area contributed by atoms with Gasteiger partial charge in [-0.15, -0.1) is 0 Å². The molecule has 1 atom stereocenters. The first-order chi connectivity index (χ1) is 10.1. The third kappa shape index (κ3) is 6.04. The van der Waals surface area contributed by atoms with Crippen molar-refractivity contribution in [2.75, 3.05) is 13.2 Å². The van der Waals surface area contributed by atoms with Gasteiger partial charge < -0.3 is 10.1 Å². The molecule has 0 heterocycles. The zero-order valence-corrected chi connectivity index (χ0v) is 14.0. The first kappa shape index (κ1) is 18.0. The molecule has 0 saturated heterocycles. The molecule has 21 heavy (non-hydrogen) atoms. The summed E-state index contributed by atoms with van der Waals surface area (Å²) in [4.78, 5) is 0. The SMILES string of the molecule is CCCCCCOc1cc(C)c(F)cc1C(C)NCCC. The van der Waals surface area contributed by atoms with Gasteiger partial charge in [-0.3, -0.25) is 0 Å². The first-order valence-corrected chi connectivity index (χ1v) is 8.26. The monoisotopic (exact) mass is 295 g/mol. The van der Waals surface area contributed by atoms with Gasteiger partial charge in [0, 0.05) is 11.6 Å². The molecule has 0 aliphatic heterocycles. The summed E-state index contributed by atoms with van der Waals surface area (Å²) in [5.74, 6) is 0.662. The van der Waals surface area contributed by atoms with Crippen molar-refractivity contribution in [1.82, 2.24) is 5.32 Å². The highest BCUT2D eigenvalue weighted by molar-refractivity contribution is 5.40. The molecule has 0 radical (unpaired) electrons. The minimum absolute atomic E-state index is 0.102. The molecule has 1 unspecified atom stereocenters. The molecule has 0 bridgehead atoms. The van der Waals surface area contributed by atoms with Crippen LogP contribution in [0.25, 0.3) is 0 Å². The fourth-order valence-electron chi connectivity index (χ4n) is 2.32. The van der Waals surface area contributed by atoms with Gasteiger partial charge in [-0.05, 0) is 50.9 Å². The Labute approximate surface area is 129 Å². The van der Waals surface area contributed by atoms with Crippen molar-refractivity contribution in [1.29, 1.82) is 0 Å². The summed E-state index contributed by atoms with van der Waals surface area (Å²) in [6, 6.07) is 3.55. The van der Waals surface area contributed by atoms with E-state index in [9.17, 15) is 4.39 Å². The number of hydrogen-bond donors (Lipinski definition) is 1. The smallest absolute Gasteiger partial charge is 0.126 e. The molecule has 1 aromatic carbocycles. The fourth-order valence-corrected chi connectivity index (χ4v) is 2.32. The maximum atomic E-state index is 13.8. The van der Waals surface area contributed by atoms with E-state index in [-0.39, 0.29) is 11.9 Å². The standard InChI is InChI=1S/C18H30FNO/c1-5-7-8-9-11-21-18-12-14(3)17(19)13-16(18)15(4)20-10-6-2/h12-13,15,20H,5-11H2,1-4H3. The molecule has 2 nitrogen and oxygen atoms in total. The number of hydrogen-bond acceptors (Lipinski definition) is 2. The van der Waals surface area contributed by atoms with Crippen LogP contribution in [0.1, 0.15) is 70.0 Å². The molecule has 120 valence electrons. The Bertz CT molecular complexity index is 420. The van der Waals surface area contributed by atoms with Crippen molar-refractivity contribution in [3.63, 3.8) is 0 Å². The third-order valence-corrected chi connectivity index (χ3v) is 3.71. The van der Waals surface area contributed by atoms with Crippen molar-refractivity contribution in [2.45, 2.75) is 65.8 Å². The molecule has 0 aliphatic rings. The van der Waals surface area contributed by atoms with Gasteiger partial charge in [0.05, 0.1) is 6.61 Å². The molecule has 0 spiro atoms. The van der Waals surface area contributed by atoms with Gasteiger partial charge in [0.15, 0.2) is 0 Å². The van der Waals surface area contributed by atoms with Gasteiger partial charge in [-0.25, -0.2) is 4.39 Å². The van der Waals surface area contributed by atoms with Crippen LogP contribution >= 0.6 is 0 Å². The molecule has 0 fully saturated rings. The van der Waals surface area contributed by atoms with Crippen LogP contribution in [0.3, 0.4) is 0 Å². The Morgan fingerprint density at radius 1 is 1.14 bits per heavy atom. The molecular weight excluding hydrogens is 265 g/mol. The maximum absolute atomic E-state index is 13.8. The lowest BCUT2D eigenvalue weighted by Gasteiger charge is -2.19. The van der Waals surface area contributed by atoms with Gasteiger partial charge >= 0.3 is 0 Å². The molecule has 1 aromatic rings. The molecule has 0 saturated carbocycles. The van der Waals surface area contributed by atoms with Crippen LogP contribution in [0.5, 0.6) is 5.75 Å². The van der Waals surface area contributed by atoms with Gasteiger partial charge in [0.1, 0.15) is 11.6 Å². The highest BCUT2D eigenvalue weighted by Crippen LogP contribution is 2.28. The summed E-state index contributed by atoms with van der Waals surface area (Å²) < 4.78 is 19.8. The number of halogens is 1. The lowest BCUT2D eigenvalue weighted by atomic mass is 10.0. The summed E-state index contributed by atoms with van der Waals surface area (Å²) in [5.41, 5.74) is 1.56. The molecule has 0 aliphatic carbocycles. The Morgan fingerprint density at radius 2 is 1.90 bits per heavy atom. The number of aryl methyl sites for hydroxylation is 1. The average molecular weight is 295 g/mol. The van der Waals surface area contributed by atoms with E-state index in [1.807, 2.05) is 6.07 Å². The summed E-state index contributed by atoms with van der Waals surface area (Å²) in [6.07, 6.45) is 5.77. The fraction of sp³-hybridized carbons (Fsp3) is 0.667. The number of rotatable bonds is 10. The summed E-state index contributed by atoms with van der Waals surface area (Å²) in [7, 11) is 0. The second kappa shape index (κ2) is 9.78. The van der Waals surface area contributed by atoms with Crippen molar-refractivity contribution < 1.29 is 9.13 Å². The van der Waals surface area contributed by atoms with Crippen LogP contribution in [0, 0.1) is 12.7 Å². The van der Waals surface area contributed by atoms with E-state index in [0.717, 1.165) is 30.7 Å². The Morgan fingerprint density at radius 3 is 2.57 bits per heavy atom. The normalized spacial score (nSPS) is 12.4. The molecule has 1 rings (SSSR count). The zero-order valence-electron chi connectivity index (χ0n) is 14.0. The van der Waals surface area contributed by atoms with E-state index in [1.54, 1.807) is 13.0 Å². The minimum atomic E-state index is -0.159. The third-order valence-electron chi connectivity index (χ3n) is 3.71. The minimum Gasteiger partial charge on any atom is -0.493 e. The largest absolute Gasteiger partial charge is 0.493 e. The van der Waals surface area contributed by atoms with Crippen LogP contribution in [-0.2, 0) is 0 Å². The lowest BCUT2D eigenvalue weighted by molar-refractivity contribution is 0.298. The predicted octanol–water partition coefficient (Wildman–Crippen LogP) is 5.15. The topological polar surface area (TPSA) is 21.3 Å². The zero-order chi connectivity index (χ0) is 15.7. The van der Waals surface area contributed by atoms with Gasteiger partial charge in [0.25, 0.3) is 0 Å². The maximum Gasteiger partial charge on any atom is 0.126 e. The Balaban J connectivity index is 2.72. The highest BCUT2D eigenvalue weighted by Gasteiger charge is 2.14. The van der Waals surface area contributed by atoms with Crippen LogP contribution in [-0.4, -0.2) is 13.2 Å². The summed E-state index contributed by atoms with van der Waals surface area (Å²) >= 11 is 0. The van der Waals surface area contributed by atoms with Crippen LogP contribution < -0.4 is 10.1 Å². The Hall–Kier alpha value is -1.09. The average Bonchev–Trinajstić information content (AvgIpc) is 2.47. The summed E-state index contributed by atoms with van der Waals surface area (Å²) in [6.45, 7) is 9.80. The van der Waals surface area contributed by atoms with Gasteiger partial charge in [-0.2, -0.15) is 0 Å². The molecule has 1 N–H and O–H groups in total. The van der Waals surface area contributed by atoms with Gasteiger partial charge in [0.2, 0.25) is 0 Å². The highest BCUT2D eigenvalue weighted by atomic mass is 19.1. The van der Waals surface area contributed by atoms with Crippen molar-refractivity contribution in [3.8, 4) is 5.75 Å². The quantitative estimate of drug-likeness (QED) is 0.602. The van der Waals surface area contributed by atoms with Crippen molar-refractivity contribution >= 4 is 0 Å². The van der Waals surface area contributed by atoms with E-state index in [0.29, 0.717) is 12.2 Å². The summed E-state index contributed by atoms with van der Waals surface area (Å²) in [5, 5.41) is 3.40. The second-order valence-electron chi connectivity index (χ2n) is 5.72. The van der Waals surface area contributed by atoms with E-state index in [2.05, 4.69) is 26.1 Å². The van der Waals surface area contributed by atoms with E-state index < -0.39 is 0 Å². The van der Waals surface area contributed by atoms with E-state index in [1.165, 1.54) is 19.3 Å². The van der Waals surface area contributed by atoms with Crippen LogP contribution in [0.4, 0.5) is 4.39 Å². The first-order valence-electron chi connectivity index (χ1n) is 8.26. The lowest BCUT2D eigenvalue weighted by Crippen LogP contribution is -2.20. The molecule has 0 aromatic heterocycles. The van der Waals surface area contributed by atoms with E-state index in [4.69, 9.17) is 4.74 Å². The number of unbranched alkanes of at least 4 members (excludes halogenated alkanes) is 3. The van der Waals surface area contributed by atoms with Gasteiger partial charge in [-0.1, -0.05) is 33.1 Å². The van der Waals surface area contributed by atoms with Crippen LogP contribution in [0.15, 0.2) is 12.1 Å². The number of ether oxygens (including phenoxy) is 1. The van der Waals surface area contributed by atoms with E-state index >= 15 is 0 Å². The number of nitrogens with one attached hydrogen (secondary N) is 1. The van der Waals surface area contributed by atoms with Crippen LogP contribution in [0.2, 0.25) is 0 Å².